The summed E-state index contributed by atoms with van der Waals surface area (Å²) in [7, 11) is 0. The number of halogens is 1. The van der Waals surface area contributed by atoms with Gasteiger partial charge in [-0.05, 0) is 43.2 Å². The minimum atomic E-state index is -0.363. The van der Waals surface area contributed by atoms with Crippen LogP contribution in [0.1, 0.15) is 39.5 Å². The van der Waals surface area contributed by atoms with E-state index in [1.165, 1.54) is 11.3 Å². The average Bonchev–Trinajstić information content (AvgIpc) is 3.16. The van der Waals surface area contributed by atoms with E-state index in [0.717, 1.165) is 12.8 Å². The third-order valence-electron chi connectivity index (χ3n) is 4.05. The number of rotatable bonds is 5. The Balaban J connectivity index is 1.51. The molecule has 1 aromatic carbocycles. The molecular formula is C19H16ClN3O3S. The Morgan fingerprint density at radius 3 is 2.93 bits per heavy atom. The van der Waals surface area contributed by atoms with E-state index in [0.29, 0.717) is 33.5 Å². The molecule has 0 saturated heterocycles. The van der Waals surface area contributed by atoms with Crippen LogP contribution in [-0.4, -0.2) is 22.4 Å². The summed E-state index contributed by atoms with van der Waals surface area (Å²) in [6.45, 7) is 0.377. The van der Waals surface area contributed by atoms with Gasteiger partial charge in [0.05, 0.1) is 6.54 Å². The van der Waals surface area contributed by atoms with E-state index < -0.39 is 0 Å². The molecule has 0 unspecified atom stereocenters. The molecule has 0 atom stereocenters. The van der Waals surface area contributed by atoms with Crippen LogP contribution in [0.2, 0.25) is 5.02 Å². The molecule has 2 heterocycles. The molecule has 2 amide bonds. The number of carbonyl (C=O) groups excluding carboxylic acids is 2. The first kappa shape index (κ1) is 17.8. The standard InChI is InChI=1S/C19H16ClN3O3S/c20-13-3-1-2-12(10-13)17(24)22-19-23(8-9-27-19)11-15-6-7-16(26-15)18(25)21-14-4-5-14/h1-3,6-10,14H,4-5,11H2,(H,21,25). The van der Waals surface area contributed by atoms with Crippen molar-refractivity contribution in [2.45, 2.75) is 25.4 Å². The number of amides is 2. The third kappa shape index (κ3) is 4.37. The van der Waals surface area contributed by atoms with Gasteiger partial charge in [0.15, 0.2) is 10.6 Å². The van der Waals surface area contributed by atoms with Gasteiger partial charge in [-0.1, -0.05) is 17.7 Å². The molecule has 0 radical (unpaired) electrons. The highest BCUT2D eigenvalue weighted by Gasteiger charge is 2.25. The number of nitrogens with zero attached hydrogens (tertiary/aromatic N) is 2. The summed E-state index contributed by atoms with van der Waals surface area (Å²) in [6, 6.07) is 10.4. The fourth-order valence-electron chi connectivity index (χ4n) is 2.52. The normalized spacial score (nSPS) is 14.3. The molecule has 4 rings (SSSR count). The van der Waals surface area contributed by atoms with Gasteiger partial charge in [-0.25, -0.2) is 0 Å². The fraction of sp³-hybridized carbons (Fsp3) is 0.211. The van der Waals surface area contributed by atoms with Crippen molar-refractivity contribution in [2.75, 3.05) is 0 Å². The molecular weight excluding hydrogens is 386 g/mol. The van der Waals surface area contributed by atoms with E-state index >= 15 is 0 Å². The van der Waals surface area contributed by atoms with Crippen molar-refractivity contribution in [2.24, 2.45) is 4.99 Å². The van der Waals surface area contributed by atoms with E-state index in [2.05, 4.69) is 10.3 Å². The third-order valence-corrected chi connectivity index (χ3v) is 5.08. The lowest BCUT2D eigenvalue weighted by atomic mass is 10.2. The monoisotopic (exact) mass is 401 g/mol. The van der Waals surface area contributed by atoms with E-state index in [1.807, 2.05) is 11.6 Å². The molecule has 0 bridgehead atoms. The first-order chi connectivity index (χ1) is 13.1. The van der Waals surface area contributed by atoms with Gasteiger partial charge in [-0.3, -0.25) is 9.59 Å². The molecule has 8 heteroatoms. The molecule has 6 nitrogen and oxygen atoms in total. The van der Waals surface area contributed by atoms with Gasteiger partial charge in [0, 0.05) is 28.2 Å². The molecule has 1 N–H and O–H groups in total. The maximum atomic E-state index is 12.4. The molecule has 27 heavy (non-hydrogen) atoms. The van der Waals surface area contributed by atoms with Crippen LogP contribution in [0.4, 0.5) is 0 Å². The Morgan fingerprint density at radius 1 is 1.30 bits per heavy atom. The second-order valence-corrected chi connectivity index (χ2v) is 7.56. The maximum absolute atomic E-state index is 12.4. The van der Waals surface area contributed by atoms with Crippen molar-refractivity contribution in [1.82, 2.24) is 9.88 Å². The summed E-state index contributed by atoms with van der Waals surface area (Å²) < 4.78 is 7.44. The van der Waals surface area contributed by atoms with Gasteiger partial charge < -0.3 is 14.3 Å². The van der Waals surface area contributed by atoms with Crippen LogP contribution in [0, 0.1) is 0 Å². The van der Waals surface area contributed by atoms with Crippen molar-refractivity contribution in [3.8, 4) is 0 Å². The van der Waals surface area contributed by atoms with Crippen LogP contribution in [-0.2, 0) is 6.54 Å². The van der Waals surface area contributed by atoms with E-state index in [9.17, 15) is 9.59 Å². The highest BCUT2D eigenvalue weighted by Crippen LogP contribution is 2.20. The second-order valence-electron chi connectivity index (χ2n) is 6.25. The zero-order chi connectivity index (χ0) is 18.8. The van der Waals surface area contributed by atoms with Crippen molar-refractivity contribution < 1.29 is 14.0 Å². The molecule has 1 aliphatic rings. The summed E-state index contributed by atoms with van der Waals surface area (Å²) in [6.07, 6.45) is 3.87. The SMILES string of the molecule is O=C(N=c1sccn1Cc1ccc(C(=O)NC2CC2)o1)c1cccc(Cl)c1. The van der Waals surface area contributed by atoms with Crippen molar-refractivity contribution in [3.05, 3.63) is 74.9 Å². The summed E-state index contributed by atoms with van der Waals surface area (Å²) >= 11 is 7.28. The topological polar surface area (TPSA) is 76.6 Å². The number of benzene rings is 1. The molecule has 138 valence electrons. The molecule has 0 spiro atoms. The van der Waals surface area contributed by atoms with Crippen LogP contribution in [0.25, 0.3) is 0 Å². The lowest BCUT2D eigenvalue weighted by molar-refractivity contribution is 0.0920. The minimum absolute atomic E-state index is 0.194. The zero-order valence-electron chi connectivity index (χ0n) is 14.2. The van der Waals surface area contributed by atoms with E-state index in [-0.39, 0.29) is 17.9 Å². The minimum Gasteiger partial charge on any atom is -0.454 e. The van der Waals surface area contributed by atoms with Crippen molar-refractivity contribution >= 4 is 34.8 Å². The fourth-order valence-corrected chi connectivity index (χ4v) is 3.43. The summed E-state index contributed by atoms with van der Waals surface area (Å²) in [4.78, 5) is 29.1. The van der Waals surface area contributed by atoms with Crippen molar-refractivity contribution in [1.29, 1.82) is 0 Å². The van der Waals surface area contributed by atoms with Gasteiger partial charge in [-0.2, -0.15) is 4.99 Å². The molecule has 1 aliphatic carbocycles. The van der Waals surface area contributed by atoms with Gasteiger partial charge in [0.25, 0.3) is 11.8 Å². The molecule has 1 saturated carbocycles. The number of thiazole rings is 1. The number of furan rings is 1. The lowest BCUT2D eigenvalue weighted by Crippen LogP contribution is -2.24. The number of hydrogen-bond acceptors (Lipinski definition) is 4. The molecule has 0 aliphatic heterocycles. The Morgan fingerprint density at radius 2 is 2.15 bits per heavy atom. The van der Waals surface area contributed by atoms with Gasteiger partial charge >= 0.3 is 0 Å². The van der Waals surface area contributed by atoms with Gasteiger partial charge in [0.2, 0.25) is 0 Å². The summed E-state index contributed by atoms with van der Waals surface area (Å²) in [5.41, 5.74) is 0.430. The maximum Gasteiger partial charge on any atom is 0.287 e. The number of aromatic nitrogens is 1. The van der Waals surface area contributed by atoms with Crippen LogP contribution < -0.4 is 10.1 Å². The lowest BCUT2D eigenvalue weighted by Gasteiger charge is -2.01. The molecule has 2 aromatic heterocycles. The highest BCUT2D eigenvalue weighted by molar-refractivity contribution is 7.07. The first-order valence-electron chi connectivity index (χ1n) is 8.46. The smallest absolute Gasteiger partial charge is 0.287 e. The second kappa shape index (κ2) is 7.54. The average molecular weight is 402 g/mol. The van der Waals surface area contributed by atoms with E-state index in [1.54, 1.807) is 41.0 Å². The number of hydrogen-bond donors (Lipinski definition) is 1. The molecule has 3 aromatic rings. The Bertz CT molecular complexity index is 1060. The van der Waals surface area contributed by atoms with Crippen LogP contribution >= 0.6 is 22.9 Å². The Kier molecular flexibility index (Phi) is 4.96. The summed E-state index contributed by atoms with van der Waals surface area (Å²) in [5.74, 6) is 0.352. The van der Waals surface area contributed by atoms with E-state index in [4.69, 9.17) is 16.0 Å². The van der Waals surface area contributed by atoms with Crippen molar-refractivity contribution in [3.63, 3.8) is 0 Å². The quantitative estimate of drug-likeness (QED) is 0.711. The largest absolute Gasteiger partial charge is 0.454 e. The Hall–Kier alpha value is -2.64. The highest BCUT2D eigenvalue weighted by atomic mass is 35.5. The van der Waals surface area contributed by atoms with Crippen LogP contribution in [0.3, 0.4) is 0 Å². The number of carbonyl (C=O) groups is 2. The van der Waals surface area contributed by atoms with Gasteiger partial charge in [-0.15, -0.1) is 11.3 Å². The number of nitrogens with one attached hydrogen (secondary N) is 1. The molecule has 1 fully saturated rings. The van der Waals surface area contributed by atoms with Crippen LogP contribution in [0.5, 0.6) is 0 Å². The van der Waals surface area contributed by atoms with Crippen LogP contribution in [0.15, 0.2) is 57.4 Å². The Labute approximate surface area is 164 Å². The first-order valence-corrected chi connectivity index (χ1v) is 9.72. The summed E-state index contributed by atoms with van der Waals surface area (Å²) in [5, 5.41) is 5.22. The predicted octanol–water partition coefficient (Wildman–Crippen LogP) is 3.48. The zero-order valence-corrected chi connectivity index (χ0v) is 15.8. The predicted molar refractivity (Wildman–Crippen MR) is 102 cm³/mol. The van der Waals surface area contributed by atoms with Gasteiger partial charge in [0.1, 0.15) is 5.76 Å².